The number of rotatable bonds is 2. The molecule has 1 aliphatic rings. The van der Waals surface area contributed by atoms with Crippen LogP contribution in [0.5, 0.6) is 5.75 Å². The molecule has 2 rings (SSSR count). The largest absolute Gasteiger partial charge is 0.497 e. The third-order valence-electron chi connectivity index (χ3n) is 3.16. The average Bonchev–Trinajstić information content (AvgIpc) is 2.55. The van der Waals surface area contributed by atoms with Crippen LogP contribution in [0.15, 0.2) is 24.3 Å². The standard InChI is InChI=1S/C12H15F2NO/c1-16-10-4-2-3-9(7-10)11(15)5-6-12(13,14)8-11/h2-4,7H,5-6,8,15H2,1H3. The second-order valence-corrected chi connectivity index (χ2v) is 4.42. The van der Waals surface area contributed by atoms with Gasteiger partial charge in [0.2, 0.25) is 5.92 Å². The molecule has 2 N–H and O–H groups in total. The van der Waals surface area contributed by atoms with E-state index in [0.717, 1.165) is 5.56 Å². The molecule has 0 aromatic heterocycles. The summed E-state index contributed by atoms with van der Waals surface area (Å²) in [6.07, 6.45) is -0.110. The van der Waals surface area contributed by atoms with Gasteiger partial charge in [0.25, 0.3) is 0 Å². The van der Waals surface area contributed by atoms with Crippen molar-refractivity contribution in [3.63, 3.8) is 0 Å². The molecule has 88 valence electrons. The smallest absolute Gasteiger partial charge is 0.250 e. The van der Waals surface area contributed by atoms with Gasteiger partial charge in [0.1, 0.15) is 5.75 Å². The minimum atomic E-state index is -2.64. The number of ether oxygens (including phenoxy) is 1. The van der Waals surface area contributed by atoms with Gasteiger partial charge in [-0.15, -0.1) is 0 Å². The van der Waals surface area contributed by atoms with Crippen molar-refractivity contribution in [3.8, 4) is 5.75 Å². The first-order valence-corrected chi connectivity index (χ1v) is 5.26. The summed E-state index contributed by atoms with van der Waals surface area (Å²) < 4.78 is 31.5. The van der Waals surface area contributed by atoms with Gasteiger partial charge in [-0.05, 0) is 24.1 Å². The lowest BCUT2D eigenvalue weighted by atomic mass is 9.89. The van der Waals surface area contributed by atoms with E-state index in [-0.39, 0.29) is 12.8 Å². The van der Waals surface area contributed by atoms with E-state index in [9.17, 15) is 8.78 Å². The van der Waals surface area contributed by atoms with E-state index in [0.29, 0.717) is 12.2 Å². The molecule has 0 saturated heterocycles. The van der Waals surface area contributed by atoms with Crippen molar-refractivity contribution >= 4 is 0 Å². The van der Waals surface area contributed by atoms with Crippen molar-refractivity contribution < 1.29 is 13.5 Å². The number of nitrogens with two attached hydrogens (primary N) is 1. The number of benzene rings is 1. The van der Waals surface area contributed by atoms with E-state index >= 15 is 0 Å². The van der Waals surface area contributed by atoms with E-state index in [1.807, 2.05) is 0 Å². The summed E-state index contributed by atoms with van der Waals surface area (Å²) in [5.41, 5.74) is 5.85. The Balaban J connectivity index is 2.30. The highest BCUT2D eigenvalue weighted by Crippen LogP contribution is 2.45. The van der Waals surface area contributed by atoms with Gasteiger partial charge >= 0.3 is 0 Å². The zero-order valence-corrected chi connectivity index (χ0v) is 9.17. The summed E-state index contributed by atoms with van der Waals surface area (Å²) in [4.78, 5) is 0. The minimum absolute atomic E-state index is 0.138. The van der Waals surface area contributed by atoms with Crippen LogP contribution in [0.25, 0.3) is 0 Å². The molecular weight excluding hydrogens is 212 g/mol. The number of alkyl halides is 2. The lowest BCUT2D eigenvalue weighted by molar-refractivity contribution is 0.00290. The van der Waals surface area contributed by atoms with Crippen LogP contribution in [0, 0.1) is 0 Å². The van der Waals surface area contributed by atoms with Crippen molar-refractivity contribution in [1.29, 1.82) is 0 Å². The molecule has 1 aromatic rings. The summed E-state index contributed by atoms with van der Waals surface area (Å²) in [7, 11) is 1.55. The number of methoxy groups -OCH3 is 1. The Morgan fingerprint density at radius 3 is 2.62 bits per heavy atom. The van der Waals surface area contributed by atoms with Crippen LogP contribution >= 0.6 is 0 Å². The van der Waals surface area contributed by atoms with Gasteiger partial charge in [0.15, 0.2) is 0 Å². The van der Waals surface area contributed by atoms with E-state index in [2.05, 4.69) is 0 Å². The minimum Gasteiger partial charge on any atom is -0.497 e. The maximum Gasteiger partial charge on any atom is 0.250 e. The summed E-state index contributed by atoms with van der Waals surface area (Å²) in [5.74, 6) is -1.99. The molecule has 0 heterocycles. The summed E-state index contributed by atoms with van der Waals surface area (Å²) in [5, 5.41) is 0. The summed E-state index contributed by atoms with van der Waals surface area (Å²) >= 11 is 0. The SMILES string of the molecule is COc1cccc(C2(N)CCC(F)(F)C2)c1. The molecule has 1 atom stereocenters. The van der Waals surface area contributed by atoms with Crippen molar-refractivity contribution in [3.05, 3.63) is 29.8 Å². The third kappa shape index (κ3) is 2.02. The maximum atomic E-state index is 13.2. The van der Waals surface area contributed by atoms with Crippen LogP contribution in [0.1, 0.15) is 24.8 Å². The predicted molar refractivity (Wildman–Crippen MR) is 57.7 cm³/mol. The molecule has 1 saturated carbocycles. The second-order valence-electron chi connectivity index (χ2n) is 4.42. The van der Waals surface area contributed by atoms with Crippen molar-refractivity contribution in [2.45, 2.75) is 30.7 Å². The third-order valence-corrected chi connectivity index (χ3v) is 3.16. The Morgan fingerprint density at radius 1 is 1.31 bits per heavy atom. The van der Waals surface area contributed by atoms with Crippen molar-refractivity contribution in [2.24, 2.45) is 5.73 Å². The normalized spacial score (nSPS) is 28.0. The molecule has 0 spiro atoms. The monoisotopic (exact) mass is 227 g/mol. The van der Waals surface area contributed by atoms with Crippen molar-refractivity contribution in [1.82, 2.24) is 0 Å². The zero-order valence-electron chi connectivity index (χ0n) is 9.17. The van der Waals surface area contributed by atoms with Gasteiger partial charge in [-0.2, -0.15) is 0 Å². The Kier molecular flexibility index (Phi) is 2.62. The maximum absolute atomic E-state index is 13.2. The van der Waals surface area contributed by atoms with E-state index < -0.39 is 11.5 Å². The fourth-order valence-electron chi connectivity index (χ4n) is 2.22. The van der Waals surface area contributed by atoms with Crippen LogP contribution < -0.4 is 10.5 Å². The van der Waals surface area contributed by atoms with E-state index in [1.54, 1.807) is 31.4 Å². The molecule has 1 aromatic carbocycles. The van der Waals surface area contributed by atoms with Crippen LogP contribution in [-0.4, -0.2) is 13.0 Å². The molecule has 16 heavy (non-hydrogen) atoms. The van der Waals surface area contributed by atoms with Crippen LogP contribution in [-0.2, 0) is 5.54 Å². The van der Waals surface area contributed by atoms with Crippen LogP contribution in [0.2, 0.25) is 0 Å². The molecule has 1 aliphatic carbocycles. The summed E-state index contributed by atoms with van der Waals surface area (Å²) in [6, 6.07) is 7.07. The molecule has 2 nitrogen and oxygen atoms in total. The molecule has 0 amide bonds. The molecule has 0 aliphatic heterocycles. The van der Waals surface area contributed by atoms with Gasteiger partial charge in [0, 0.05) is 18.4 Å². The first-order valence-electron chi connectivity index (χ1n) is 5.26. The second kappa shape index (κ2) is 3.70. The highest BCUT2D eigenvalue weighted by atomic mass is 19.3. The molecular formula is C12H15F2NO. The highest BCUT2D eigenvalue weighted by Gasteiger charge is 2.48. The molecule has 0 bridgehead atoms. The van der Waals surface area contributed by atoms with Gasteiger partial charge in [-0.1, -0.05) is 12.1 Å². The predicted octanol–water partition coefficient (Wildman–Crippen LogP) is 2.67. The first-order chi connectivity index (χ1) is 7.45. The Labute approximate surface area is 93.4 Å². The van der Waals surface area contributed by atoms with Gasteiger partial charge in [0.05, 0.1) is 7.11 Å². The Morgan fingerprint density at radius 2 is 2.06 bits per heavy atom. The average molecular weight is 227 g/mol. The first kappa shape index (κ1) is 11.3. The Bertz CT molecular complexity index is 394. The molecule has 4 heteroatoms. The van der Waals surface area contributed by atoms with Crippen LogP contribution in [0.4, 0.5) is 8.78 Å². The number of hydrogen-bond donors (Lipinski definition) is 1. The van der Waals surface area contributed by atoms with E-state index in [4.69, 9.17) is 10.5 Å². The fraction of sp³-hybridized carbons (Fsp3) is 0.500. The van der Waals surface area contributed by atoms with Gasteiger partial charge in [-0.3, -0.25) is 0 Å². The van der Waals surface area contributed by atoms with Gasteiger partial charge in [-0.25, -0.2) is 8.78 Å². The van der Waals surface area contributed by atoms with Crippen LogP contribution in [0.3, 0.4) is 0 Å². The topological polar surface area (TPSA) is 35.2 Å². The quantitative estimate of drug-likeness (QED) is 0.843. The Hall–Kier alpha value is -1.16. The fourth-order valence-corrected chi connectivity index (χ4v) is 2.22. The van der Waals surface area contributed by atoms with Gasteiger partial charge < -0.3 is 10.5 Å². The lowest BCUT2D eigenvalue weighted by Crippen LogP contribution is -2.35. The summed E-state index contributed by atoms with van der Waals surface area (Å²) in [6.45, 7) is 0. The zero-order chi connectivity index (χ0) is 11.8. The molecule has 1 fully saturated rings. The number of hydrogen-bond acceptors (Lipinski definition) is 2. The van der Waals surface area contributed by atoms with E-state index in [1.165, 1.54) is 0 Å². The number of halogens is 2. The van der Waals surface area contributed by atoms with Crippen molar-refractivity contribution in [2.75, 3.05) is 7.11 Å². The highest BCUT2D eigenvalue weighted by molar-refractivity contribution is 5.34. The molecule has 0 radical (unpaired) electrons. The lowest BCUT2D eigenvalue weighted by Gasteiger charge is -2.24. The molecule has 1 unspecified atom stereocenters.